The Kier molecular flexibility index (Phi) is 5.05. The van der Waals surface area contributed by atoms with E-state index in [0.29, 0.717) is 11.2 Å². The minimum Gasteiger partial charge on any atom is -0.494 e. The van der Waals surface area contributed by atoms with Gasteiger partial charge in [-0.3, -0.25) is 4.79 Å². The number of ether oxygens (including phenoxy) is 1. The summed E-state index contributed by atoms with van der Waals surface area (Å²) in [5.74, 6) is 1.42. The van der Waals surface area contributed by atoms with Gasteiger partial charge >= 0.3 is 0 Å². The van der Waals surface area contributed by atoms with Crippen LogP contribution in [0.4, 0.5) is 0 Å². The third kappa shape index (κ3) is 3.54. The van der Waals surface area contributed by atoms with Crippen LogP contribution < -0.4 is 10.3 Å². The lowest BCUT2D eigenvalue weighted by molar-refractivity contribution is 0.309. The van der Waals surface area contributed by atoms with Gasteiger partial charge in [-0.25, -0.2) is 4.98 Å². The van der Waals surface area contributed by atoms with Crippen molar-refractivity contribution in [2.45, 2.75) is 26.7 Å². The van der Waals surface area contributed by atoms with E-state index in [2.05, 4.69) is 17.0 Å². The predicted octanol–water partition coefficient (Wildman–Crippen LogP) is 3.83. The van der Waals surface area contributed by atoms with Crippen molar-refractivity contribution < 1.29 is 4.74 Å². The van der Waals surface area contributed by atoms with Crippen LogP contribution in [0.25, 0.3) is 10.2 Å². The predicted molar refractivity (Wildman–Crippen MR) is 98.5 cm³/mol. The van der Waals surface area contributed by atoms with Gasteiger partial charge in [-0.1, -0.05) is 13.3 Å². The minimum atomic E-state index is -0.144. The van der Waals surface area contributed by atoms with Gasteiger partial charge in [-0.05, 0) is 54.6 Å². The largest absolute Gasteiger partial charge is 0.494 e. The Labute approximate surface area is 144 Å². The molecule has 0 amide bonds. The van der Waals surface area contributed by atoms with Gasteiger partial charge in [0.15, 0.2) is 0 Å². The van der Waals surface area contributed by atoms with Crippen LogP contribution in [0.3, 0.4) is 0 Å². The van der Waals surface area contributed by atoms with E-state index >= 15 is 0 Å². The number of nitrogens with zero attached hydrogens (tertiary/aromatic N) is 3. The molecule has 0 bridgehead atoms. The number of rotatable bonds is 6. The quantitative estimate of drug-likeness (QED) is 0.506. The molecule has 124 valence electrons. The molecule has 1 aromatic carbocycles. The van der Waals surface area contributed by atoms with Gasteiger partial charge in [-0.15, -0.1) is 11.3 Å². The molecule has 5 nitrogen and oxygen atoms in total. The Morgan fingerprint density at radius 2 is 2.08 bits per heavy atom. The van der Waals surface area contributed by atoms with E-state index in [-0.39, 0.29) is 5.56 Å². The summed E-state index contributed by atoms with van der Waals surface area (Å²) < 4.78 is 6.97. The van der Waals surface area contributed by atoms with Crippen LogP contribution in [-0.4, -0.2) is 22.5 Å². The highest BCUT2D eigenvalue weighted by atomic mass is 32.1. The topological polar surface area (TPSA) is 56.5 Å². The van der Waals surface area contributed by atoms with Crippen molar-refractivity contribution in [2.75, 3.05) is 6.61 Å². The molecule has 6 heteroatoms. The SMILES string of the molecule is CCCCOc1ccc(/C=N\n2c(C)nc3sccc3c2=O)cc1. The number of thiophene rings is 1. The molecule has 24 heavy (non-hydrogen) atoms. The van der Waals surface area contributed by atoms with Crippen LogP contribution in [-0.2, 0) is 0 Å². The fourth-order valence-electron chi connectivity index (χ4n) is 2.25. The van der Waals surface area contributed by atoms with Gasteiger partial charge < -0.3 is 4.74 Å². The second kappa shape index (κ2) is 7.40. The zero-order valence-corrected chi connectivity index (χ0v) is 14.5. The van der Waals surface area contributed by atoms with Crippen LogP contribution in [0.1, 0.15) is 31.2 Å². The van der Waals surface area contributed by atoms with Crippen LogP contribution in [0.2, 0.25) is 0 Å². The van der Waals surface area contributed by atoms with Crippen LogP contribution >= 0.6 is 11.3 Å². The first-order valence-corrected chi connectivity index (χ1v) is 8.81. The van der Waals surface area contributed by atoms with Crippen molar-refractivity contribution in [3.8, 4) is 5.75 Å². The standard InChI is InChI=1S/C18H19N3O2S/c1-3-4-10-23-15-7-5-14(6-8-15)12-19-21-13(2)20-17-16(18(21)22)9-11-24-17/h5-9,11-12H,3-4,10H2,1-2H3/b19-12-. The Morgan fingerprint density at radius 3 is 2.83 bits per heavy atom. The van der Waals surface area contributed by atoms with Gasteiger partial charge in [0.1, 0.15) is 16.4 Å². The number of aryl methyl sites for hydroxylation is 1. The normalized spacial score (nSPS) is 11.4. The van der Waals surface area contributed by atoms with E-state index in [0.717, 1.165) is 35.6 Å². The van der Waals surface area contributed by atoms with Gasteiger partial charge in [-0.2, -0.15) is 9.78 Å². The minimum absolute atomic E-state index is 0.144. The highest BCUT2D eigenvalue weighted by Crippen LogP contribution is 2.15. The molecule has 0 saturated heterocycles. The summed E-state index contributed by atoms with van der Waals surface area (Å²) in [4.78, 5) is 17.6. The first kappa shape index (κ1) is 16.4. The number of fused-ring (bicyclic) bond motifs is 1. The van der Waals surface area contributed by atoms with Crippen LogP contribution in [0.15, 0.2) is 45.6 Å². The maximum atomic E-state index is 12.4. The second-order valence-corrected chi connectivity index (χ2v) is 6.33. The second-order valence-electron chi connectivity index (χ2n) is 5.43. The molecule has 0 N–H and O–H groups in total. The van der Waals surface area contributed by atoms with E-state index < -0.39 is 0 Å². The molecule has 0 fully saturated rings. The van der Waals surface area contributed by atoms with Gasteiger partial charge in [0.25, 0.3) is 5.56 Å². The van der Waals surface area contributed by atoms with E-state index in [4.69, 9.17) is 4.74 Å². The number of aromatic nitrogens is 2. The van der Waals surface area contributed by atoms with Crippen LogP contribution in [0, 0.1) is 6.92 Å². The summed E-state index contributed by atoms with van der Waals surface area (Å²) in [5.41, 5.74) is 0.754. The highest BCUT2D eigenvalue weighted by molar-refractivity contribution is 7.16. The smallest absolute Gasteiger partial charge is 0.282 e. The molecule has 3 rings (SSSR count). The monoisotopic (exact) mass is 341 g/mol. The van der Waals surface area contributed by atoms with Crippen molar-refractivity contribution >= 4 is 27.8 Å². The Morgan fingerprint density at radius 1 is 1.29 bits per heavy atom. The molecule has 2 heterocycles. The highest BCUT2D eigenvalue weighted by Gasteiger charge is 2.07. The van der Waals surface area contributed by atoms with E-state index in [9.17, 15) is 4.79 Å². The van der Waals surface area contributed by atoms with Crippen molar-refractivity contribution in [3.05, 3.63) is 57.5 Å². The number of hydrogen-bond acceptors (Lipinski definition) is 5. The molecule has 3 aromatic rings. The van der Waals surface area contributed by atoms with E-state index in [1.165, 1.54) is 16.0 Å². The summed E-state index contributed by atoms with van der Waals surface area (Å²) in [6, 6.07) is 9.44. The Hall–Kier alpha value is -2.47. The maximum Gasteiger partial charge on any atom is 0.282 e. The lowest BCUT2D eigenvalue weighted by atomic mass is 10.2. The lowest BCUT2D eigenvalue weighted by Gasteiger charge is -2.05. The maximum absolute atomic E-state index is 12.4. The third-order valence-corrected chi connectivity index (χ3v) is 4.41. The van der Waals surface area contributed by atoms with Crippen LogP contribution in [0.5, 0.6) is 5.75 Å². The number of unbranched alkanes of at least 4 members (excludes halogenated alkanes) is 1. The zero-order valence-electron chi connectivity index (χ0n) is 13.7. The zero-order chi connectivity index (χ0) is 16.9. The Bertz CT molecular complexity index is 910. The fourth-order valence-corrected chi connectivity index (χ4v) is 3.05. The molecule has 0 unspecified atom stereocenters. The summed E-state index contributed by atoms with van der Waals surface area (Å²) in [7, 11) is 0. The molecule has 0 atom stereocenters. The Balaban J connectivity index is 1.79. The molecular weight excluding hydrogens is 322 g/mol. The van der Waals surface area contributed by atoms with Gasteiger partial charge in [0.05, 0.1) is 18.2 Å². The summed E-state index contributed by atoms with van der Waals surface area (Å²) in [5, 5.41) is 6.76. The van der Waals surface area contributed by atoms with E-state index in [1.807, 2.05) is 29.6 Å². The molecule has 2 aromatic heterocycles. The molecule has 0 aliphatic heterocycles. The third-order valence-electron chi connectivity index (χ3n) is 3.61. The molecule has 0 aliphatic rings. The van der Waals surface area contributed by atoms with Crippen molar-refractivity contribution in [1.82, 2.24) is 9.66 Å². The average molecular weight is 341 g/mol. The summed E-state index contributed by atoms with van der Waals surface area (Å²) in [6.07, 6.45) is 3.81. The molecule has 0 saturated carbocycles. The lowest BCUT2D eigenvalue weighted by Crippen LogP contribution is -2.19. The summed E-state index contributed by atoms with van der Waals surface area (Å²) >= 11 is 1.46. The molecule has 0 spiro atoms. The first-order chi connectivity index (χ1) is 11.7. The number of benzene rings is 1. The average Bonchev–Trinajstić information content (AvgIpc) is 3.04. The molecular formula is C18H19N3O2S. The van der Waals surface area contributed by atoms with Gasteiger partial charge in [0, 0.05) is 0 Å². The van der Waals surface area contributed by atoms with Crippen molar-refractivity contribution in [1.29, 1.82) is 0 Å². The number of hydrogen-bond donors (Lipinski definition) is 0. The summed E-state index contributed by atoms with van der Waals surface area (Å²) in [6.45, 7) is 4.64. The van der Waals surface area contributed by atoms with Crippen molar-refractivity contribution in [2.24, 2.45) is 5.10 Å². The fraction of sp³-hybridized carbons (Fsp3) is 0.278. The van der Waals surface area contributed by atoms with Gasteiger partial charge in [0.2, 0.25) is 0 Å². The first-order valence-electron chi connectivity index (χ1n) is 7.93. The van der Waals surface area contributed by atoms with E-state index in [1.54, 1.807) is 19.2 Å². The van der Waals surface area contributed by atoms with Crippen molar-refractivity contribution in [3.63, 3.8) is 0 Å². The molecule has 0 radical (unpaired) electrons. The molecule has 0 aliphatic carbocycles.